The van der Waals surface area contributed by atoms with Gasteiger partial charge in [-0.25, -0.2) is 4.79 Å². The summed E-state index contributed by atoms with van der Waals surface area (Å²) in [5.41, 5.74) is 1.78. The number of benzene rings is 2. The van der Waals surface area contributed by atoms with Crippen LogP contribution in [0.15, 0.2) is 83.5 Å². The number of nitrogens with one attached hydrogen (secondary N) is 2. The lowest BCUT2D eigenvalue weighted by Gasteiger charge is -2.18. The Morgan fingerprint density at radius 2 is 1.61 bits per heavy atom. The summed E-state index contributed by atoms with van der Waals surface area (Å²) >= 11 is 1.42. The largest absolute Gasteiger partial charge is 0.468 e. The van der Waals surface area contributed by atoms with Crippen LogP contribution < -0.4 is 10.6 Å². The molecule has 0 radical (unpaired) electrons. The van der Waals surface area contributed by atoms with E-state index in [1.165, 1.54) is 11.8 Å². The number of alkyl carbamates (subject to hydrolysis) is 1. The smallest absolute Gasteiger partial charge is 0.407 e. The molecule has 3 rings (SSSR count). The van der Waals surface area contributed by atoms with Crippen LogP contribution in [0.4, 0.5) is 4.79 Å². The van der Waals surface area contributed by atoms with Gasteiger partial charge in [0.15, 0.2) is 5.78 Å². The van der Waals surface area contributed by atoms with E-state index >= 15 is 0 Å². The molecule has 1 atom stereocenters. The Morgan fingerprint density at radius 3 is 2.27 bits per heavy atom. The molecule has 1 heterocycles. The molecule has 7 nitrogen and oxygen atoms in total. The Kier molecular flexibility index (Phi) is 9.60. The Balaban J connectivity index is 1.48. The summed E-state index contributed by atoms with van der Waals surface area (Å²) in [7, 11) is 0. The van der Waals surface area contributed by atoms with Crippen molar-refractivity contribution in [2.24, 2.45) is 0 Å². The first kappa shape index (κ1) is 24.1. The molecule has 2 amide bonds. The lowest BCUT2D eigenvalue weighted by atomic mass is 10.0. The van der Waals surface area contributed by atoms with Crippen LogP contribution >= 0.6 is 11.8 Å². The van der Waals surface area contributed by atoms with Crippen molar-refractivity contribution in [3.05, 3.63) is 95.9 Å². The van der Waals surface area contributed by atoms with E-state index in [4.69, 9.17) is 9.15 Å². The third-order valence-corrected chi connectivity index (χ3v) is 5.66. The van der Waals surface area contributed by atoms with Crippen molar-refractivity contribution in [3.8, 4) is 0 Å². The van der Waals surface area contributed by atoms with Crippen molar-refractivity contribution in [2.45, 2.75) is 24.8 Å². The second-order valence-electron chi connectivity index (χ2n) is 7.26. The summed E-state index contributed by atoms with van der Waals surface area (Å²) in [6, 6.07) is 21.7. The number of furan rings is 1. The van der Waals surface area contributed by atoms with Gasteiger partial charge < -0.3 is 19.8 Å². The number of hydrogen-bond acceptors (Lipinski definition) is 6. The fourth-order valence-corrected chi connectivity index (χ4v) is 3.88. The first-order chi connectivity index (χ1) is 16.1. The Bertz CT molecular complexity index is 1010. The Labute approximate surface area is 196 Å². The van der Waals surface area contributed by atoms with Gasteiger partial charge in [-0.2, -0.15) is 0 Å². The highest BCUT2D eigenvalue weighted by Gasteiger charge is 2.21. The normalized spacial score (nSPS) is 11.4. The molecule has 3 aromatic rings. The maximum atomic E-state index is 12.8. The molecule has 0 aliphatic carbocycles. The van der Waals surface area contributed by atoms with E-state index in [1.807, 2.05) is 66.7 Å². The SMILES string of the molecule is O=C(CNC(=O)OCc1ccccc1)N[C@@H](Cc1ccccc1)C(=O)CSCc1ccco1. The van der Waals surface area contributed by atoms with Gasteiger partial charge in [-0.1, -0.05) is 60.7 Å². The van der Waals surface area contributed by atoms with Crippen LogP contribution in [0, 0.1) is 0 Å². The maximum Gasteiger partial charge on any atom is 0.407 e. The van der Waals surface area contributed by atoms with Gasteiger partial charge in [-0.15, -0.1) is 11.8 Å². The second kappa shape index (κ2) is 13.1. The number of ether oxygens (including phenoxy) is 1. The summed E-state index contributed by atoms with van der Waals surface area (Å²) in [5, 5.41) is 5.16. The molecular formula is C25H26N2O5S. The minimum atomic E-state index is -0.703. The van der Waals surface area contributed by atoms with Gasteiger partial charge in [0.05, 0.1) is 23.8 Å². The highest BCUT2D eigenvalue weighted by atomic mass is 32.2. The number of amides is 2. The molecule has 33 heavy (non-hydrogen) atoms. The first-order valence-corrected chi connectivity index (χ1v) is 11.7. The van der Waals surface area contributed by atoms with Gasteiger partial charge in [-0.05, 0) is 29.7 Å². The van der Waals surface area contributed by atoms with Crippen molar-refractivity contribution in [1.29, 1.82) is 0 Å². The monoisotopic (exact) mass is 466 g/mol. The quantitative estimate of drug-likeness (QED) is 0.422. The fourth-order valence-electron chi connectivity index (χ4n) is 3.01. The van der Waals surface area contributed by atoms with Gasteiger partial charge in [0.25, 0.3) is 0 Å². The summed E-state index contributed by atoms with van der Waals surface area (Å²) in [5.74, 6) is 1.02. The van der Waals surface area contributed by atoms with Crippen LogP contribution in [0.3, 0.4) is 0 Å². The van der Waals surface area contributed by atoms with Crippen LogP contribution in [0.1, 0.15) is 16.9 Å². The molecular weight excluding hydrogens is 440 g/mol. The zero-order valence-corrected chi connectivity index (χ0v) is 18.9. The van der Waals surface area contributed by atoms with Crippen LogP contribution in [0.5, 0.6) is 0 Å². The van der Waals surface area contributed by atoms with Gasteiger partial charge >= 0.3 is 6.09 Å². The van der Waals surface area contributed by atoms with Crippen LogP contribution in [0.2, 0.25) is 0 Å². The van der Waals surface area contributed by atoms with E-state index in [0.29, 0.717) is 12.2 Å². The van der Waals surface area contributed by atoms with Crippen LogP contribution in [-0.4, -0.2) is 36.1 Å². The van der Waals surface area contributed by atoms with E-state index in [2.05, 4.69) is 10.6 Å². The minimum Gasteiger partial charge on any atom is -0.468 e. The number of rotatable bonds is 12. The molecule has 0 bridgehead atoms. The molecule has 0 fully saturated rings. The van der Waals surface area contributed by atoms with Crippen molar-refractivity contribution in [3.63, 3.8) is 0 Å². The van der Waals surface area contributed by atoms with E-state index < -0.39 is 18.0 Å². The summed E-state index contributed by atoms with van der Waals surface area (Å²) in [6.07, 6.45) is 1.26. The van der Waals surface area contributed by atoms with Gasteiger partial charge in [0.1, 0.15) is 18.9 Å². The fraction of sp³-hybridized carbons (Fsp3) is 0.240. The van der Waals surface area contributed by atoms with E-state index in [9.17, 15) is 14.4 Å². The van der Waals surface area contributed by atoms with Gasteiger partial charge in [-0.3, -0.25) is 9.59 Å². The van der Waals surface area contributed by atoms with Crippen LogP contribution in [0.25, 0.3) is 0 Å². The second-order valence-corrected chi connectivity index (χ2v) is 8.25. The third kappa shape index (κ3) is 8.86. The maximum absolute atomic E-state index is 12.8. The Morgan fingerprint density at radius 1 is 0.909 bits per heavy atom. The summed E-state index contributed by atoms with van der Waals surface area (Å²) in [4.78, 5) is 37.2. The van der Waals surface area contributed by atoms with E-state index in [0.717, 1.165) is 16.9 Å². The molecule has 2 aromatic carbocycles. The van der Waals surface area contributed by atoms with Crippen molar-refractivity contribution >= 4 is 29.5 Å². The third-order valence-electron chi connectivity index (χ3n) is 4.68. The van der Waals surface area contributed by atoms with E-state index in [1.54, 1.807) is 12.3 Å². The molecule has 0 saturated heterocycles. The highest BCUT2D eigenvalue weighted by molar-refractivity contribution is 7.99. The molecule has 172 valence electrons. The molecule has 1 aromatic heterocycles. The number of carbonyl (C=O) groups is 3. The molecule has 8 heteroatoms. The molecule has 0 spiro atoms. The summed E-state index contributed by atoms with van der Waals surface area (Å²) < 4.78 is 10.4. The first-order valence-electron chi connectivity index (χ1n) is 10.5. The van der Waals surface area contributed by atoms with Gasteiger partial charge in [0.2, 0.25) is 5.91 Å². The predicted molar refractivity (Wildman–Crippen MR) is 127 cm³/mol. The molecule has 0 saturated carbocycles. The number of thioether (sulfide) groups is 1. The topological polar surface area (TPSA) is 97.6 Å². The number of hydrogen-bond donors (Lipinski definition) is 2. The van der Waals surface area contributed by atoms with Crippen molar-refractivity contribution in [2.75, 3.05) is 12.3 Å². The lowest BCUT2D eigenvalue weighted by molar-refractivity contribution is -0.126. The average molecular weight is 467 g/mol. The zero-order chi connectivity index (χ0) is 23.3. The van der Waals surface area contributed by atoms with Crippen molar-refractivity contribution < 1.29 is 23.5 Å². The highest BCUT2D eigenvalue weighted by Crippen LogP contribution is 2.14. The van der Waals surface area contributed by atoms with Crippen LogP contribution in [-0.2, 0) is 33.1 Å². The molecule has 0 aliphatic heterocycles. The molecule has 2 N–H and O–H groups in total. The Hall–Kier alpha value is -3.52. The number of ketones is 1. The minimum absolute atomic E-state index is 0.101. The average Bonchev–Trinajstić information content (AvgIpc) is 3.36. The lowest BCUT2D eigenvalue weighted by Crippen LogP contribution is -2.47. The number of Topliss-reactive ketones (excluding diaryl/α,β-unsaturated/α-hetero) is 1. The number of carbonyl (C=O) groups excluding carboxylic acids is 3. The molecule has 0 aliphatic rings. The van der Waals surface area contributed by atoms with Crippen molar-refractivity contribution in [1.82, 2.24) is 10.6 Å². The standard InChI is InChI=1S/C25H26N2O5S/c28-23(18-33-17-21-12-7-13-31-21)22(14-19-8-3-1-4-9-19)27-24(29)15-26-25(30)32-16-20-10-5-2-6-11-20/h1-13,22H,14-18H2,(H,26,30)(H,27,29)/t22-/m0/s1. The van der Waals surface area contributed by atoms with Gasteiger partial charge in [0, 0.05) is 0 Å². The summed E-state index contributed by atoms with van der Waals surface area (Å²) in [6.45, 7) is -0.179. The predicted octanol–water partition coefficient (Wildman–Crippen LogP) is 3.74. The zero-order valence-electron chi connectivity index (χ0n) is 18.1. The van der Waals surface area contributed by atoms with E-state index in [-0.39, 0.29) is 24.7 Å². The molecule has 0 unspecified atom stereocenters.